The minimum atomic E-state index is -0.175. The molecule has 0 saturated heterocycles. The highest BCUT2D eigenvalue weighted by Crippen LogP contribution is 2.27. The van der Waals surface area contributed by atoms with Crippen LogP contribution in [-0.4, -0.2) is 17.7 Å². The molecule has 1 aromatic rings. The Morgan fingerprint density at radius 2 is 1.75 bits per heavy atom. The molecular formula is C13H12O3. The second kappa shape index (κ2) is 3.93. The lowest BCUT2D eigenvalue weighted by Gasteiger charge is -2.16. The molecule has 0 spiro atoms. The Morgan fingerprint density at radius 1 is 1.06 bits per heavy atom. The van der Waals surface area contributed by atoms with Crippen molar-refractivity contribution < 1.29 is 14.3 Å². The van der Waals surface area contributed by atoms with Crippen LogP contribution in [0.2, 0.25) is 0 Å². The Balaban J connectivity index is 2.55. The van der Waals surface area contributed by atoms with Gasteiger partial charge in [-0.1, -0.05) is 12.1 Å². The molecule has 0 unspecified atom stereocenters. The summed E-state index contributed by atoms with van der Waals surface area (Å²) < 4.78 is 5.52. The number of carbonyl (C=O) groups excluding carboxylic acids is 2. The summed E-state index contributed by atoms with van der Waals surface area (Å²) in [5.74, 6) is 0.157. The minimum Gasteiger partial charge on any atom is -0.490 e. The van der Waals surface area contributed by atoms with Crippen LogP contribution in [-0.2, 0) is 0 Å². The number of hydrogen-bond acceptors (Lipinski definition) is 3. The molecule has 0 saturated carbocycles. The van der Waals surface area contributed by atoms with E-state index in [-0.39, 0.29) is 17.7 Å². The van der Waals surface area contributed by atoms with Crippen LogP contribution in [0.5, 0.6) is 5.75 Å². The lowest BCUT2D eigenvalue weighted by molar-refractivity contribution is 0.0989. The second-order valence-corrected chi connectivity index (χ2v) is 3.91. The van der Waals surface area contributed by atoms with E-state index in [4.69, 9.17) is 4.74 Å². The number of hydrogen-bond donors (Lipinski definition) is 0. The summed E-state index contributed by atoms with van der Waals surface area (Å²) in [7, 11) is 0. The van der Waals surface area contributed by atoms with Crippen molar-refractivity contribution in [2.24, 2.45) is 0 Å². The molecule has 0 bridgehead atoms. The highest BCUT2D eigenvalue weighted by molar-refractivity contribution is 6.23. The van der Waals surface area contributed by atoms with Gasteiger partial charge in [-0.2, -0.15) is 0 Å². The van der Waals surface area contributed by atoms with E-state index >= 15 is 0 Å². The highest BCUT2D eigenvalue weighted by Gasteiger charge is 2.23. The Bertz CT molecular complexity index is 484. The number of carbonyl (C=O) groups is 2. The van der Waals surface area contributed by atoms with Gasteiger partial charge in [0.15, 0.2) is 11.6 Å². The summed E-state index contributed by atoms with van der Waals surface area (Å²) in [4.78, 5) is 23.3. The van der Waals surface area contributed by atoms with E-state index in [1.807, 2.05) is 13.8 Å². The number of rotatable bonds is 2. The van der Waals surface area contributed by atoms with Crippen molar-refractivity contribution in [2.45, 2.75) is 20.0 Å². The molecular weight excluding hydrogens is 204 g/mol. The summed E-state index contributed by atoms with van der Waals surface area (Å²) in [5, 5.41) is 0. The van der Waals surface area contributed by atoms with Gasteiger partial charge >= 0.3 is 0 Å². The quantitative estimate of drug-likeness (QED) is 0.762. The number of ether oxygens (including phenoxy) is 1. The zero-order valence-electron chi connectivity index (χ0n) is 9.19. The maximum atomic E-state index is 11.7. The van der Waals surface area contributed by atoms with Crippen molar-refractivity contribution in [3.63, 3.8) is 0 Å². The van der Waals surface area contributed by atoms with E-state index in [0.29, 0.717) is 16.9 Å². The number of allylic oxidation sites excluding steroid dienone is 2. The first-order valence-electron chi connectivity index (χ1n) is 5.16. The average molecular weight is 216 g/mol. The van der Waals surface area contributed by atoms with E-state index in [1.165, 1.54) is 12.2 Å². The first-order valence-corrected chi connectivity index (χ1v) is 5.16. The molecule has 3 heteroatoms. The Labute approximate surface area is 93.7 Å². The van der Waals surface area contributed by atoms with Crippen LogP contribution in [0, 0.1) is 0 Å². The van der Waals surface area contributed by atoms with Crippen molar-refractivity contribution in [2.75, 3.05) is 0 Å². The van der Waals surface area contributed by atoms with Gasteiger partial charge in [0.2, 0.25) is 0 Å². The van der Waals surface area contributed by atoms with E-state index in [0.717, 1.165) is 0 Å². The molecule has 1 aromatic carbocycles. The number of ketones is 2. The van der Waals surface area contributed by atoms with E-state index in [1.54, 1.807) is 18.2 Å². The smallest absolute Gasteiger partial charge is 0.190 e. The van der Waals surface area contributed by atoms with Crippen LogP contribution in [0.25, 0.3) is 0 Å². The lowest BCUT2D eigenvalue weighted by atomic mass is 9.94. The van der Waals surface area contributed by atoms with Crippen LogP contribution in [0.4, 0.5) is 0 Å². The number of benzene rings is 1. The van der Waals surface area contributed by atoms with Gasteiger partial charge in [-0.05, 0) is 32.1 Å². The second-order valence-electron chi connectivity index (χ2n) is 3.91. The molecule has 82 valence electrons. The van der Waals surface area contributed by atoms with Gasteiger partial charge in [-0.25, -0.2) is 0 Å². The van der Waals surface area contributed by atoms with Crippen LogP contribution in [0.1, 0.15) is 34.6 Å². The molecule has 0 amide bonds. The summed E-state index contributed by atoms with van der Waals surface area (Å²) in [6.45, 7) is 3.76. The van der Waals surface area contributed by atoms with Gasteiger partial charge in [-0.15, -0.1) is 0 Å². The molecule has 1 aliphatic rings. The van der Waals surface area contributed by atoms with Crippen LogP contribution in [0.15, 0.2) is 30.4 Å². The van der Waals surface area contributed by atoms with Gasteiger partial charge in [0.1, 0.15) is 5.75 Å². The third-order valence-corrected chi connectivity index (χ3v) is 2.29. The topological polar surface area (TPSA) is 43.4 Å². The van der Waals surface area contributed by atoms with E-state index in [2.05, 4.69) is 0 Å². The van der Waals surface area contributed by atoms with Crippen molar-refractivity contribution >= 4 is 11.6 Å². The zero-order chi connectivity index (χ0) is 11.7. The van der Waals surface area contributed by atoms with Gasteiger partial charge in [0.05, 0.1) is 11.7 Å². The SMILES string of the molecule is CC(C)Oc1cccc2c1C(=O)C=CC2=O. The fourth-order valence-corrected chi connectivity index (χ4v) is 1.67. The van der Waals surface area contributed by atoms with Crippen molar-refractivity contribution in [3.8, 4) is 5.75 Å². The maximum Gasteiger partial charge on any atom is 0.190 e. The predicted molar refractivity (Wildman–Crippen MR) is 60.0 cm³/mol. The molecule has 16 heavy (non-hydrogen) atoms. The van der Waals surface area contributed by atoms with E-state index < -0.39 is 0 Å². The van der Waals surface area contributed by atoms with E-state index in [9.17, 15) is 9.59 Å². The highest BCUT2D eigenvalue weighted by atomic mass is 16.5. The minimum absolute atomic E-state index is 0.0275. The fourth-order valence-electron chi connectivity index (χ4n) is 1.67. The maximum absolute atomic E-state index is 11.7. The van der Waals surface area contributed by atoms with Crippen LogP contribution >= 0.6 is 0 Å². The standard InChI is InChI=1S/C13H12O3/c1-8(2)16-12-5-3-4-9-10(14)6-7-11(15)13(9)12/h3-8H,1-2H3. The van der Waals surface area contributed by atoms with Crippen molar-refractivity contribution in [1.29, 1.82) is 0 Å². The third-order valence-electron chi connectivity index (χ3n) is 2.29. The molecule has 0 heterocycles. The normalized spacial score (nSPS) is 14.2. The van der Waals surface area contributed by atoms with Gasteiger partial charge in [0.25, 0.3) is 0 Å². The first-order chi connectivity index (χ1) is 7.59. The zero-order valence-corrected chi connectivity index (χ0v) is 9.19. The Kier molecular flexibility index (Phi) is 2.60. The fraction of sp³-hybridized carbons (Fsp3) is 0.231. The summed E-state index contributed by atoms with van der Waals surface area (Å²) in [6.07, 6.45) is 2.56. The van der Waals surface area contributed by atoms with Crippen molar-refractivity contribution in [1.82, 2.24) is 0 Å². The largest absolute Gasteiger partial charge is 0.490 e. The summed E-state index contributed by atoms with van der Waals surface area (Å²) >= 11 is 0. The molecule has 0 aromatic heterocycles. The summed E-state index contributed by atoms with van der Waals surface area (Å²) in [6, 6.07) is 5.08. The van der Waals surface area contributed by atoms with Gasteiger partial charge < -0.3 is 4.74 Å². The molecule has 1 aliphatic carbocycles. The first kappa shape index (κ1) is 10.6. The Morgan fingerprint density at radius 3 is 2.44 bits per heavy atom. The molecule has 0 fully saturated rings. The molecule has 0 N–H and O–H groups in total. The number of fused-ring (bicyclic) bond motifs is 1. The van der Waals surface area contributed by atoms with Crippen LogP contribution in [0.3, 0.4) is 0 Å². The molecule has 3 nitrogen and oxygen atoms in total. The van der Waals surface area contributed by atoms with Crippen LogP contribution < -0.4 is 4.74 Å². The molecule has 0 radical (unpaired) electrons. The third kappa shape index (κ3) is 1.76. The molecule has 0 atom stereocenters. The lowest BCUT2D eigenvalue weighted by Crippen LogP contribution is -2.15. The molecule has 2 rings (SSSR count). The van der Waals surface area contributed by atoms with Gasteiger partial charge in [0, 0.05) is 5.56 Å². The van der Waals surface area contributed by atoms with Crippen molar-refractivity contribution in [3.05, 3.63) is 41.5 Å². The Hall–Kier alpha value is -1.90. The summed E-state index contributed by atoms with van der Waals surface area (Å²) in [5.41, 5.74) is 0.800. The van der Waals surface area contributed by atoms with Gasteiger partial charge in [-0.3, -0.25) is 9.59 Å². The average Bonchev–Trinajstić information content (AvgIpc) is 2.23. The monoisotopic (exact) mass is 216 g/mol. The molecule has 0 aliphatic heterocycles. The predicted octanol–water partition coefficient (Wildman–Crippen LogP) is 2.41.